The molecule has 0 unspecified atom stereocenters. The maximum absolute atomic E-state index is 13.4. The van der Waals surface area contributed by atoms with Crippen LogP contribution in [-0.4, -0.2) is 42.4 Å². The zero-order valence-electron chi connectivity index (χ0n) is 23.3. The number of nitrogens with zero attached hydrogens (tertiary/aromatic N) is 3. The van der Waals surface area contributed by atoms with Crippen molar-refractivity contribution in [1.82, 2.24) is 10.2 Å². The smallest absolute Gasteiger partial charge is 0.247 e. The van der Waals surface area contributed by atoms with E-state index in [1.54, 1.807) is 12.1 Å². The first-order valence-corrected chi connectivity index (χ1v) is 15.1. The fourth-order valence-electron chi connectivity index (χ4n) is 4.60. The molecule has 39 heavy (non-hydrogen) atoms. The second-order valence-corrected chi connectivity index (χ2v) is 13.1. The van der Waals surface area contributed by atoms with Crippen LogP contribution in [0, 0.1) is 0 Å². The summed E-state index contributed by atoms with van der Waals surface area (Å²) in [6, 6.07) is 11.1. The first-order valence-electron chi connectivity index (χ1n) is 13.5. The minimum Gasteiger partial charge on any atom is -0.490 e. The molecule has 2 aromatic carbocycles. The molecule has 0 spiro atoms. The van der Waals surface area contributed by atoms with Crippen molar-refractivity contribution in [3.05, 3.63) is 53.9 Å². The molecule has 1 aliphatic rings. The lowest BCUT2D eigenvalue weighted by Crippen LogP contribution is -2.45. The number of nitrogens with two attached hydrogens (primary N) is 1. The number of carbonyl (C=O) groups is 1. The van der Waals surface area contributed by atoms with Crippen LogP contribution in [0.1, 0.15) is 71.8 Å². The van der Waals surface area contributed by atoms with Crippen LogP contribution in [0.25, 0.3) is 11.5 Å². The van der Waals surface area contributed by atoms with E-state index in [0.717, 1.165) is 37.0 Å². The summed E-state index contributed by atoms with van der Waals surface area (Å²) in [5.74, 6) is 0.531. The Morgan fingerprint density at radius 1 is 1.08 bits per heavy atom. The standard InChI is InChI=1S/C29H38N4O5S/c1-6-8-21(9-7-2)37-22-13-10-19(11-14-22)17-33-24-16-20(26-31-32-28(38-26)29(3,4)5)12-15-25(24)39(35,36)18-23(30)27(33)34/h10-16,21,23H,6-9,17-18,30H2,1-5H3/t23-/m0/s1. The minimum atomic E-state index is -3.81. The van der Waals surface area contributed by atoms with E-state index < -0.39 is 27.5 Å². The maximum atomic E-state index is 13.4. The Balaban J connectivity index is 1.68. The molecule has 0 fully saturated rings. The van der Waals surface area contributed by atoms with Gasteiger partial charge in [-0.05, 0) is 48.7 Å². The Hall–Kier alpha value is -3.24. The molecule has 1 atom stereocenters. The molecular formula is C29H38N4O5S. The van der Waals surface area contributed by atoms with E-state index in [4.69, 9.17) is 14.9 Å². The van der Waals surface area contributed by atoms with E-state index >= 15 is 0 Å². The van der Waals surface area contributed by atoms with Crippen molar-refractivity contribution in [1.29, 1.82) is 0 Å². The van der Waals surface area contributed by atoms with Crippen molar-refractivity contribution in [2.75, 3.05) is 10.7 Å². The van der Waals surface area contributed by atoms with E-state index in [1.165, 1.54) is 11.0 Å². The lowest BCUT2D eigenvalue weighted by molar-refractivity contribution is -0.119. The molecule has 4 rings (SSSR count). The van der Waals surface area contributed by atoms with Crippen LogP contribution in [0.4, 0.5) is 5.69 Å². The quantitative estimate of drug-likeness (QED) is 0.390. The van der Waals surface area contributed by atoms with Gasteiger partial charge in [0.2, 0.25) is 17.7 Å². The average molecular weight is 555 g/mol. The number of aromatic nitrogens is 2. The summed E-state index contributed by atoms with van der Waals surface area (Å²) in [5, 5.41) is 8.30. The zero-order chi connectivity index (χ0) is 28.4. The van der Waals surface area contributed by atoms with Gasteiger partial charge in [-0.1, -0.05) is 59.6 Å². The molecule has 2 heterocycles. The third-order valence-electron chi connectivity index (χ3n) is 6.67. The van der Waals surface area contributed by atoms with Crippen LogP contribution in [0.15, 0.2) is 51.8 Å². The van der Waals surface area contributed by atoms with Crippen LogP contribution in [0.2, 0.25) is 0 Å². The van der Waals surface area contributed by atoms with Gasteiger partial charge in [0.25, 0.3) is 0 Å². The first-order chi connectivity index (χ1) is 18.4. The Morgan fingerprint density at radius 3 is 2.33 bits per heavy atom. The molecule has 0 radical (unpaired) electrons. The number of benzene rings is 2. The van der Waals surface area contributed by atoms with E-state index in [-0.39, 0.29) is 34.5 Å². The summed E-state index contributed by atoms with van der Waals surface area (Å²) in [4.78, 5) is 14.9. The molecule has 3 aromatic rings. The number of ether oxygens (including phenoxy) is 1. The number of hydrogen-bond donors (Lipinski definition) is 1. The molecule has 2 N–H and O–H groups in total. The zero-order valence-corrected chi connectivity index (χ0v) is 24.1. The molecule has 0 bridgehead atoms. The minimum absolute atomic E-state index is 0.0463. The first kappa shape index (κ1) is 28.8. The maximum Gasteiger partial charge on any atom is 0.247 e. The molecular weight excluding hydrogens is 516 g/mol. The molecule has 10 heteroatoms. The predicted molar refractivity (Wildman–Crippen MR) is 150 cm³/mol. The average Bonchev–Trinajstić information content (AvgIpc) is 3.37. The lowest BCUT2D eigenvalue weighted by atomic mass is 9.97. The molecule has 1 amide bonds. The fourth-order valence-corrected chi connectivity index (χ4v) is 6.16. The van der Waals surface area contributed by atoms with Crippen molar-refractivity contribution in [2.45, 2.75) is 89.3 Å². The third kappa shape index (κ3) is 6.50. The van der Waals surface area contributed by atoms with Crippen LogP contribution < -0.4 is 15.4 Å². The lowest BCUT2D eigenvalue weighted by Gasteiger charge is -2.25. The number of hydrogen-bond acceptors (Lipinski definition) is 8. The van der Waals surface area contributed by atoms with Gasteiger partial charge in [0.15, 0.2) is 9.84 Å². The topological polar surface area (TPSA) is 129 Å². The summed E-state index contributed by atoms with van der Waals surface area (Å²) in [5.41, 5.74) is 7.31. The van der Waals surface area contributed by atoms with Gasteiger partial charge in [-0.3, -0.25) is 4.79 Å². The van der Waals surface area contributed by atoms with Crippen LogP contribution >= 0.6 is 0 Å². The van der Waals surface area contributed by atoms with E-state index in [1.807, 2.05) is 45.0 Å². The van der Waals surface area contributed by atoms with Crippen LogP contribution in [0.3, 0.4) is 0 Å². The van der Waals surface area contributed by atoms with Crippen molar-refractivity contribution >= 4 is 21.4 Å². The number of rotatable bonds is 9. The summed E-state index contributed by atoms with van der Waals surface area (Å²) in [6.45, 7) is 10.3. The van der Waals surface area contributed by atoms with Gasteiger partial charge in [0.1, 0.15) is 5.75 Å². The highest BCUT2D eigenvalue weighted by Gasteiger charge is 2.36. The second kappa shape index (κ2) is 11.5. The van der Waals surface area contributed by atoms with E-state index in [2.05, 4.69) is 24.0 Å². The normalized spacial score (nSPS) is 17.3. The van der Waals surface area contributed by atoms with Gasteiger partial charge in [0.05, 0.1) is 35.0 Å². The Bertz CT molecular complexity index is 1400. The third-order valence-corrected chi connectivity index (χ3v) is 8.48. The van der Waals surface area contributed by atoms with E-state index in [9.17, 15) is 13.2 Å². The van der Waals surface area contributed by atoms with Gasteiger partial charge in [0, 0.05) is 11.0 Å². The molecule has 210 valence electrons. The second-order valence-electron chi connectivity index (χ2n) is 11.1. The predicted octanol–water partition coefficient (Wildman–Crippen LogP) is 5.03. The number of anilines is 1. The highest BCUT2D eigenvalue weighted by Crippen LogP contribution is 2.36. The molecule has 0 saturated carbocycles. The number of carbonyl (C=O) groups excluding carboxylic acids is 1. The monoisotopic (exact) mass is 554 g/mol. The number of amides is 1. The highest BCUT2D eigenvalue weighted by molar-refractivity contribution is 7.91. The molecule has 9 nitrogen and oxygen atoms in total. The van der Waals surface area contributed by atoms with Crippen molar-refractivity contribution in [3.63, 3.8) is 0 Å². The van der Waals surface area contributed by atoms with Gasteiger partial charge in [-0.2, -0.15) is 0 Å². The summed E-state index contributed by atoms with van der Waals surface area (Å²) in [7, 11) is -3.81. The largest absolute Gasteiger partial charge is 0.490 e. The van der Waals surface area contributed by atoms with Crippen LogP contribution in [-0.2, 0) is 26.6 Å². The van der Waals surface area contributed by atoms with Gasteiger partial charge < -0.3 is 19.8 Å². The van der Waals surface area contributed by atoms with Gasteiger partial charge in [-0.25, -0.2) is 8.42 Å². The van der Waals surface area contributed by atoms with Crippen molar-refractivity contribution < 1.29 is 22.4 Å². The van der Waals surface area contributed by atoms with Crippen molar-refractivity contribution in [2.24, 2.45) is 5.73 Å². The summed E-state index contributed by atoms with van der Waals surface area (Å²) >= 11 is 0. The summed E-state index contributed by atoms with van der Waals surface area (Å²) in [6.07, 6.45) is 4.23. The SMILES string of the molecule is CCCC(CCC)Oc1ccc(CN2C(=O)[C@@H](N)CS(=O)(=O)c3ccc(-c4nnc(C(C)(C)C)o4)cc32)cc1. The van der Waals surface area contributed by atoms with Gasteiger partial charge in [-0.15, -0.1) is 10.2 Å². The number of fused-ring (bicyclic) bond motifs is 1. The Kier molecular flexibility index (Phi) is 8.46. The molecule has 1 aromatic heterocycles. The Morgan fingerprint density at radius 2 is 1.74 bits per heavy atom. The highest BCUT2D eigenvalue weighted by atomic mass is 32.2. The van der Waals surface area contributed by atoms with Crippen LogP contribution in [0.5, 0.6) is 5.75 Å². The Labute approximate surface area is 230 Å². The van der Waals surface area contributed by atoms with Gasteiger partial charge >= 0.3 is 0 Å². The van der Waals surface area contributed by atoms with Crippen molar-refractivity contribution in [3.8, 4) is 17.2 Å². The number of sulfone groups is 1. The fraction of sp³-hybridized carbons (Fsp3) is 0.483. The molecule has 1 aliphatic heterocycles. The van der Waals surface area contributed by atoms with E-state index in [0.29, 0.717) is 11.5 Å². The summed E-state index contributed by atoms with van der Waals surface area (Å²) < 4.78 is 38.4. The molecule has 0 saturated heterocycles. The molecule has 0 aliphatic carbocycles.